The van der Waals surface area contributed by atoms with Gasteiger partial charge in [-0.15, -0.1) is 0 Å². The summed E-state index contributed by atoms with van der Waals surface area (Å²) in [5.74, 6) is 0. The lowest BCUT2D eigenvalue weighted by Gasteiger charge is -1.96. The standard InChI is InChI=1S/C10H6N2/c11-7-8-5-6-12-10-4-2-1-3-9(8)10/h1-6H. The molecule has 1 heterocycles. The molecule has 1 aromatic carbocycles. The van der Waals surface area contributed by atoms with Gasteiger partial charge in [-0.3, -0.25) is 4.98 Å². The molecule has 0 radical (unpaired) electrons. The fraction of sp³-hybridized carbons (Fsp3) is 0. The van der Waals surface area contributed by atoms with Crippen molar-refractivity contribution < 1.29 is 0 Å². The molecular formula is C10H6N2. The van der Waals surface area contributed by atoms with Crippen LogP contribution in [0.1, 0.15) is 5.56 Å². The van der Waals surface area contributed by atoms with Gasteiger partial charge in [0, 0.05) is 11.6 Å². The van der Waals surface area contributed by atoms with Crippen LogP contribution in [0.3, 0.4) is 0 Å². The zero-order valence-corrected chi connectivity index (χ0v) is 6.36. The Morgan fingerprint density at radius 2 is 2.00 bits per heavy atom. The summed E-state index contributed by atoms with van der Waals surface area (Å²) in [7, 11) is 0. The molecule has 0 spiro atoms. The Kier molecular flexibility index (Phi) is 1.49. The van der Waals surface area contributed by atoms with E-state index in [2.05, 4.69) is 11.1 Å². The Morgan fingerprint density at radius 1 is 1.17 bits per heavy atom. The molecule has 0 aliphatic rings. The number of hydrogen-bond donors (Lipinski definition) is 0. The molecule has 2 heteroatoms. The third kappa shape index (κ3) is 0.923. The molecule has 56 valence electrons. The summed E-state index contributed by atoms with van der Waals surface area (Å²) in [5, 5.41) is 9.68. The quantitative estimate of drug-likeness (QED) is 0.582. The van der Waals surface area contributed by atoms with E-state index in [1.165, 1.54) is 0 Å². The summed E-state index contributed by atoms with van der Waals surface area (Å²) in [4.78, 5) is 4.14. The van der Waals surface area contributed by atoms with Crippen LogP contribution in [-0.4, -0.2) is 4.98 Å². The lowest BCUT2D eigenvalue weighted by molar-refractivity contribution is 1.39. The van der Waals surface area contributed by atoms with Gasteiger partial charge in [0.1, 0.15) is 0 Å². The highest BCUT2D eigenvalue weighted by atomic mass is 14.6. The van der Waals surface area contributed by atoms with E-state index in [4.69, 9.17) is 5.26 Å². The van der Waals surface area contributed by atoms with Gasteiger partial charge < -0.3 is 0 Å². The Bertz CT molecular complexity index is 449. The first-order valence-electron chi connectivity index (χ1n) is 3.65. The number of fused-ring (bicyclic) bond motifs is 1. The van der Waals surface area contributed by atoms with Crippen molar-refractivity contribution in [2.75, 3.05) is 0 Å². The van der Waals surface area contributed by atoms with E-state index >= 15 is 0 Å². The molecule has 2 nitrogen and oxygen atoms in total. The molecule has 0 saturated carbocycles. The molecule has 2 aromatic rings. The van der Waals surface area contributed by atoms with Gasteiger partial charge in [0.25, 0.3) is 0 Å². The summed E-state index contributed by atoms with van der Waals surface area (Å²) in [6, 6.07) is 11.5. The van der Waals surface area contributed by atoms with E-state index in [9.17, 15) is 0 Å². The number of para-hydroxylation sites is 1. The SMILES string of the molecule is N#Cc1ccnc2ccccc12. The van der Waals surface area contributed by atoms with Crippen molar-refractivity contribution in [1.82, 2.24) is 4.98 Å². The third-order valence-electron chi connectivity index (χ3n) is 1.77. The normalized spacial score (nSPS) is 9.58. The van der Waals surface area contributed by atoms with E-state index in [0.717, 1.165) is 10.9 Å². The van der Waals surface area contributed by atoms with Crippen molar-refractivity contribution in [2.45, 2.75) is 0 Å². The molecule has 0 atom stereocenters. The second-order valence-electron chi connectivity index (χ2n) is 2.49. The number of benzene rings is 1. The van der Waals surface area contributed by atoms with Crippen molar-refractivity contribution in [2.24, 2.45) is 0 Å². The van der Waals surface area contributed by atoms with Crippen LogP contribution in [0, 0.1) is 11.3 Å². The summed E-state index contributed by atoms with van der Waals surface area (Å²) in [5.41, 5.74) is 1.55. The minimum atomic E-state index is 0.681. The second-order valence-corrected chi connectivity index (χ2v) is 2.49. The molecule has 0 N–H and O–H groups in total. The van der Waals surface area contributed by atoms with E-state index < -0.39 is 0 Å². The maximum atomic E-state index is 8.76. The molecule has 2 rings (SSSR count). The predicted molar refractivity (Wildman–Crippen MR) is 46.5 cm³/mol. The van der Waals surface area contributed by atoms with Crippen LogP contribution in [0.15, 0.2) is 36.5 Å². The largest absolute Gasteiger partial charge is 0.256 e. The average molecular weight is 154 g/mol. The molecule has 0 aliphatic carbocycles. The highest BCUT2D eigenvalue weighted by molar-refractivity contribution is 5.84. The molecule has 0 saturated heterocycles. The van der Waals surface area contributed by atoms with E-state index in [1.54, 1.807) is 12.3 Å². The van der Waals surface area contributed by atoms with Crippen molar-refractivity contribution >= 4 is 10.9 Å². The number of rotatable bonds is 0. The first-order valence-corrected chi connectivity index (χ1v) is 3.65. The number of nitriles is 1. The van der Waals surface area contributed by atoms with Gasteiger partial charge in [0.05, 0.1) is 17.1 Å². The van der Waals surface area contributed by atoms with Crippen molar-refractivity contribution in [3.05, 3.63) is 42.1 Å². The Balaban J connectivity index is 2.91. The zero-order chi connectivity index (χ0) is 8.39. The van der Waals surface area contributed by atoms with Gasteiger partial charge in [0.15, 0.2) is 0 Å². The molecule has 0 amide bonds. The highest BCUT2D eigenvalue weighted by Gasteiger charge is 1.97. The molecule has 0 fully saturated rings. The first-order chi connectivity index (χ1) is 5.92. The van der Waals surface area contributed by atoms with Crippen LogP contribution >= 0.6 is 0 Å². The van der Waals surface area contributed by atoms with Crippen LogP contribution in [0.25, 0.3) is 10.9 Å². The smallest absolute Gasteiger partial charge is 0.0999 e. The molecule has 12 heavy (non-hydrogen) atoms. The second kappa shape index (κ2) is 2.63. The minimum absolute atomic E-state index is 0.681. The fourth-order valence-electron chi connectivity index (χ4n) is 1.19. The van der Waals surface area contributed by atoms with E-state index in [0.29, 0.717) is 5.56 Å². The van der Waals surface area contributed by atoms with Gasteiger partial charge in [-0.1, -0.05) is 18.2 Å². The summed E-state index contributed by atoms with van der Waals surface area (Å²) >= 11 is 0. The fourth-order valence-corrected chi connectivity index (χ4v) is 1.19. The van der Waals surface area contributed by atoms with E-state index in [1.807, 2.05) is 24.3 Å². The molecule has 0 unspecified atom stereocenters. The summed E-state index contributed by atoms with van der Waals surface area (Å²) < 4.78 is 0. The van der Waals surface area contributed by atoms with Crippen LogP contribution in [0.2, 0.25) is 0 Å². The molecule has 0 bridgehead atoms. The molecule has 0 aliphatic heterocycles. The molecular weight excluding hydrogens is 148 g/mol. The Hall–Kier alpha value is -1.88. The van der Waals surface area contributed by atoms with Gasteiger partial charge in [0.2, 0.25) is 0 Å². The Labute approximate surface area is 70.1 Å². The van der Waals surface area contributed by atoms with Crippen molar-refractivity contribution in [1.29, 1.82) is 5.26 Å². The predicted octanol–water partition coefficient (Wildman–Crippen LogP) is 2.11. The summed E-state index contributed by atoms with van der Waals surface area (Å²) in [6.45, 7) is 0. The topological polar surface area (TPSA) is 36.7 Å². The number of pyridine rings is 1. The first kappa shape index (κ1) is 6.81. The molecule has 1 aromatic heterocycles. The van der Waals surface area contributed by atoms with Crippen molar-refractivity contribution in [3.8, 4) is 6.07 Å². The Morgan fingerprint density at radius 3 is 2.83 bits per heavy atom. The lowest BCUT2D eigenvalue weighted by atomic mass is 10.1. The van der Waals surface area contributed by atoms with Crippen LogP contribution in [-0.2, 0) is 0 Å². The average Bonchev–Trinajstić information content (AvgIpc) is 2.17. The van der Waals surface area contributed by atoms with Crippen LogP contribution in [0.4, 0.5) is 0 Å². The monoisotopic (exact) mass is 154 g/mol. The van der Waals surface area contributed by atoms with E-state index in [-0.39, 0.29) is 0 Å². The van der Waals surface area contributed by atoms with Gasteiger partial charge in [-0.05, 0) is 12.1 Å². The maximum absolute atomic E-state index is 8.76. The number of aromatic nitrogens is 1. The van der Waals surface area contributed by atoms with Gasteiger partial charge in [-0.2, -0.15) is 5.26 Å². The minimum Gasteiger partial charge on any atom is -0.256 e. The zero-order valence-electron chi connectivity index (χ0n) is 6.36. The maximum Gasteiger partial charge on any atom is 0.0999 e. The highest BCUT2D eigenvalue weighted by Crippen LogP contribution is 2.14. The van der Waals surface area contributed by atoms with Crippen molar-refractivity contribution in [3.63, 3.8) is 0 Å². The third-order valence-corrected chi connectivity index (χ3v) is 1.77. The van der Waals surface area contributed by atoms with Gasteiger partial charge >= 0.3 is 0 Å². The van der Waals surface area contributed by atoms with Crippen LogP contribution in [0.5, 0.6) is 0 Å². The number of nitrogens with zero attached hydrogens (tertiary/aromatic N) is 2. The summed E-state index contributed by atoms with van der Waals surface area (Å²) in [6.07, 6.45) is 1.65. The number of hydrogen-bond acceptors (Lipinski definition) is 2. The lowest BCUT2D eigenvalue weighted by Crippen LogP contribution is -1.81. The van der Waals surface area contributed by atoms with Gasteiger partial charge in [-0.25, -0.2) is 0 Å². The van der Waals surface area contributed by atoms with Crippen LogP contribution < -0.4 is 0 Å².